The number of carboxylic acids is 1. The maximum Gasteiger partial charge on any atom is 0.303 e. The smallest absolute Gasteiger partial charge is 0.303 e. The average Bonchev–Trinajstić information content (AvgIpc) is 2.20. The van der Waals surface area contributed by atoms with E-state index >= 15 is 0 Å². The van der Waals surface area contributed by atoms with Crippen LogP contribution < -0.4 is 0 Å². The van der Waals surface area contributed by atoms with Gasteiger partial charge in [0.25, 0.3) is 0 Å². The highest BCUT2D eigenvalue weighted by atomic mass is 32.2. The lowest BCUT2D eigenvalue weighted by molar-refractivity contribution is -0.137. The van der Waals surface area contributed by atoms with Gasteiger partial charge in [-0.15, -0.1) is 0 Å². The summed E-state index contributed by atoms with van der Waals surface area (Å²) in [5.74, 6) is -0.668. The van der Waals surface area contributed by atoms with E-state index in [1.807, 2.05) is 0 Å². The third-order valence-corrected chi connectivity index (χ3v) is 5.94. The van der Waals surface area contributed by atoms with Gasteiger partial charge in [-0.1, -0.05) is 0 Å². The lowest BCUT2D eigenvalue weighted by Gasteiger charge is -2.24. The largest absolute Gasteiger partial charge is 0.481 e. The molecule has 0 aromatic rings. The Kier molecular flexibility index (Phi) is 2.90. The molecule has 0 amide bonds. The molecular weight excluding hydrogens is 204 g/mol. The zero-order chi connectivity index (χ0) is 11.0. The van der Waals surface area contributed by atoms with Crippen molar-refractivity contribution in [3.8, 4) is 0 Å². The monoisotopic (exact) mass is 220 g/mol. The van der Waals surface area contributed by atoms with Gasteiger partial charge in [-0.25, -0.2) is 8.42 Å². The molecule has 1 saturated heterocycles. The summed E-state index contributed by atoms with van der Waals surface area (Å²) in [5, 5.41) is 8.52. The molecule has 0 aliphatic carbocycles. The van der Waals surface area contributed by atoms with Crippen LogP contribution >= 0.6 is 0 Å². The zero-order valence-electron chi connectivity index (χ0n) is 8.49. The summed E-state index contributed by atoms with van der Waals surface area (Å²) < 4.78 is 22.4. The first kappa shape index (κ1) is 11.5. The Morgan fingerprint density at radius 1 is 1.50 bits per heavy atom. The summed E-state index contributed by atoms with van der Waals surface area (Å²) >= 11 is 0. The minimum atomic E-state index is -3.01. The third kappa shape index (κ3) is 1.92. The van der Waals surface area contributed by atoms with E-state index < -0.39 is 20.6 Å². The summed E-state index contributed by atoms with van der Waals surface area (Å²) in [7, 11) is -3.01. The highest BCUT2D eigenvalue weighted by Crippen LogP contribution is 2.39. The molecule has 1 aliphatic heterocycles. The second-order valence-electron chi connectivity index (χ2n) is 4.34. The summed E-state index contributed by atoms with van der Waals surface area (Å²) in [4.78, 5) is 10.4. The second kappa shape index (κ2) is 3.53. The van der Waals surface area contributed by atoms with Crippen LogP contribution in [0.15, 0.2) is 0 Å². The number of aliphatic carboxylic acids is 1. The second-order valence-corrected chi connectivity index (χ2v) is 7.03. The number of hydrogen-bond donors (Lipinski definition) is 1. The number of sulfone groups is 1. The van der Waals surface area contributed by atoms with Crippen molar-refractivity contribution in [1.82, 2.24) is 0 Å². The van der Waals surface area contributed by atoms with Crippen LogP contribution in [-0.2, 0) is 14.6 Å². The maximum absolute atomic E-state index is 11.6. The molecule has 5 heteroatoms. The Bertz CT molecular complexity index is 329. The van der Waals surface area contributed by atoms with Crippen LogP contribution in [0, 0.1) is 5.92 Å². The third-order valence-electron chi connectivity index (χ3n) is 3.23. The number of hydrogen-bond acceptors (Lipinski definition) is 3. The Morgan fingerprint density at radius 2 is 2.07 bits per heavy atom. The lowest BCUT2D eigenvalue weighted by Crippen LogP contribution is -2.33. The molecule has 0 saturated carbocycles. The van der Waals surface area contributed by atoms with Crippen LogP contribution in [-0.4, -0.2) is 30.0 Å². The molecule has 1 N–H and O–H groups in total. The molecule has 1 unspecified atom stereocenters. The van der Waals surface area contributed by atoms with Gasteiger partial charge in [-0.05, 0) is 32.6 Å². The van der Waals surface area contributed by atoms with Crippen LogP contribution in [0.25, 0.3) is 0 Å². The van der Waals surface area contributed by atoms with E-state index in [4.69, 9.17) is 5.11 Å². The van der Waals surface area contributed by atoms with E-state index in [0.717, 1.165) is 0 Å². The first-order valence-corrected chi connectivity index (χ1v) is 6.36. The van der Waals surface area contributed by atoms with Gasteiger partial charge in [0.1, 0.15) is 0 Å². The van der Waals surface area contributed by atoms with Crippen LogP contribution in [0.1, 0.15) is 33.1 Å². The zero-order valence-corrected chi connectivity index (χ0v) is 9.30. The molecule has 1 aliphatic rings. The first-order valence-electron chi connectivity index (χ1n) is 4.71. The van der Waals surface area contributed by atoms with Crippen molar-refractivity contribution in [2.75, 3.05) is 5.75 Å². The SMILES string of the molecule is CC1(C)C(CCC(=O)O)CCS1(=O)=O. The molecule has 0 radical (unpaired) electrons. The summed E-state index contributed by atoms with van der Waals surface area (Å²) in [6.07, 6.45) is 1.12. The standard InChI is InChI=1S/C9H16O4S/c1-9(2)7(3-4-8(10)11)5-6-14(9,12)13/h7H,3-6H2,1-2H3,(H,10,11). The summed E-state index contributed by atoms with van der Waals surface area (Å²) in [6.45, 7) is 3.39. The van der Waals surface area contributed by atoms with Crippen molar-refractivity contribution < 1.29 is 18.3 Å². The van der Waals surface area contributed by atoms with Gasteiger partial charge in [-0.3, -0.25) is 4.79 Å². The molecular formula is C9H16O4S. The Morgan fingerprint density at radius 3 is 2.43 bits per heavy atom. The Labute approximate surface area is 84.2 Å². The van der Waals surface area contributed by atoms with Crippen LogP contribution in [0.5, 0.6) is 0 Å². The van der Waals surface area contributed by atoms with Crippen molar-refractivity contribution in [3.63, 3.8) is 0 Å². The molecule has 0 bridgehead atoms. The number of carboxylic acid groups (broad SMARTS) is 1. The molecule has 82 valence electrons. The minimum Gasteiger partial charge on any atom is -0.481 e. The van der Waals surface area contributed by atoms with Gasteiger partial charge in [0, 0.05) is 6.42 Å². The average molecular weight is 220 g/mol. The number of carbonyl (C=O) groups is 1. The van der Waals surface area contributed by atoms with Crippen molar-refractivity contribution >= 4 is 15.8 Å². The van der Waals surface area contributed by atoms with E-state index in [9.17, 15) is 13.2 Å². The van der Waals surface area contributed by atoms with Gasteiger partial charge in [0.15, 0.2) is 9.84 Å². The molecule has 1 rings (SSSR count). The van der Waals surface area contributed by atoms with Crippen molar-refractivity contribution in [2.24, 2.45) is 5.92 Å². The van der Waals surface area contributed by atoms with Gasteiger partial charge in [0.05, 0.1) is 10.5 Å². The lowest BCUT2D eigenvalue weighted by atomic mass is 9.88. The van der Waals surface area contributed by atoms with Gasteiger partial charge < -0.3 is 5.11 Å². The highest BCUT2D eigenvalue weighted by Gasteiger charge is 2.46. The molecule has 1 heterocycles. The molecule has 0 aromatic carbocycles. The molecule has 4 nitrogen and oxygen atoms in total. The van der Waals surface area contributed by atoms with E-state index in [1.54, 1.807) is 13.8 Å². The van der Waals surface area contributed by atoms with E-state index in [1.165, 1.54) is 0 Å². The summed E-state index contributed by atoms with van der Waals surface area (Å²) in [6, 6.07) is 0. The minimum absolute atomic E-state index is 0.0106. The van der Waals surface area contributed by atoms with Crippen LogP contribution in [0.4, 0.5) is 0 Å². The highest BCUT2D eigenvalue weighted by molar-refractivity contribution is 7.93. The fourth-order valence-electron chi connectivity index (χ4n) is 1.95. The topological polar surface area (TPSA) is 71.4 Å². The van der Waals surface area contributed by atoms with Crippen LogP contribution in [0.2, 0.25) is 0 Å². The van der Waals surface area contributed by atoms with Crippen molar-refractivity contribution in [1.29, 1.82) is 0 Å². The van der Waals surface area contributed by atoms with Gasteiger partial charge >= 0.3 is 5.97 Å². The summed E-state index contributed by atoms with van der Waals surface area (Å²) in [5.41, 5.74) is 0. The predicted octanol–water partition coefficient (Wildman–Crippen LogP) is 1.06. The molecule has 0 spiro atoms. The molecule has 1 fully saturated rings. The van der Waals surface area contributed by atoms with Gasteiger partial charge in [0.2, 0.25) is 0 Å². The fraction of sp³-hybridized carbons (Fsp3) is 0.889. The van der Waals surface area contributed by atoms with E-state index in [0.29, 0.717) is 12.8 Å². The molecule has 1 atom stereocenters. The molecule has 14 heavy (non-hydrogen) atoms. The number of rotatable bonds is 3. The first-order chi connectivity index (χ1) is 6.27. The normalized spacial score (nSPS) is 28.9. The fourth-order valence-corrected chi connectivity index (χ4v) is 3.82. The van der Waals surface area contributed by atoms with Crippen LogP contribution in [0.3, 0.4) is 0 Å². The Balaban J connectivity index is 2.71. The van der Waals surface area contributed by atoms with E-state index in [2.05, 4.69) is 0 Å². The maximum atomic E-state index is 11.6. The van der Waals surface area contributed by atoms with Crippen molar-refractivity contribution in [3.05, 3.63) is 0 Å². The quantitative estimate of drug-likeness (QED) is 0.772. The Hall–Kier alpha value is -0.580. The van der Waals surface area contributed by atoms with E-state index in [-0.39, 0.29) is 18.1 Å². The van der Waals surface area contributed by atoms with Gasteiger partial charge in [-0.2, -0.15) is 0 Å². The van der Waals surface area contributed by atoms with Crippen molar-refractivity contribution in [2.45, 2.75) is 37.9 Å². The predicted molar refractivity (Wildman–Crippen MR) is 52.8 cm³/mol. The molecule has 0 aromatic heterocycles.